The van der Waals surface area contributed by atoms with Gasteiger partial charge in [0, 0.05) is 46.3 Å². The molecule has 0 bridgehead atoms. The molecule has 0 aliphatic heterocycles. The van der Waals surface area contributed by atoms with Crippen LogP contribution in [0.25, 0.3) is 16.7 Å². The van der Waals surface area contributed by atoms with E-state index in [-0.39, 0.29) is 38.7 Å². The Balaban J connectivity index is 0.00000272. The molecule has 4 rings (SSSR count). The van der Waals surface area contributed by atoms with Gasteiger partial charge in [-0.2, -0.15) is 8.78 Å². The first-order valence-corrected chi connectivity index (χ1v) is 11.7. The van der Waals surface area contributed by atoms with Gasteiger partial charge in [-0.3, -0.25) is 0 Å². The van der Waals surface area contributed by atoms with E-state index in [1.54, 1.807) is 24.3 Å². The maximum atomic E-state index is 14.2. The third-order valence-electron chi connectivity index (χ3n) is 6.09. The Morgan fingerprint density at radius 3 is 2.03 bits per heavy atom. The summed E-state index contributed by atoms with van der Waals surface area (Å²) in [6.45, 7) is 6.13. The molecule has 6 heteroatoms. The van der Waals surface area contributed by atoms with Crippen LogP contribution >= 0.6 is 0 Å². The summed E-state index contributed by atoms with van der Waals surface area (Å²) < 4.78 is 43.4. The molecule has 2 aromatic rings. The van der Waals surface area contributed by atoms with Crippen LogP contribution in [0.15, 0.2) is 66.8 Å². The van der Waals surface area contributed by atoms with Crippen LogP contribution in [0.2, 0.25) is 6.04 Å². The van der Waals surface area contributed by atoms with Crippen LogP contribution in [-0.4, -0.2) is 26.0 Å². The van der Waals surface area contributed by atoms with Gasteiger partial charge in [0.25, 0.3) is 6.08 Å². The molecule has 0 saturated carbocycles. The SMILES string of the molecule is CN([Si](=O)CC1C=CC2=C1c1ccccc1C(=C(F)F)c1ccccc12)C(C)(C)C.[Ti]. The second kappa shape index (κ2) is 8.89. The Morgan fingerprint density at radius 2 is 1.48 bits per heavy atom. The second-order valence-electron chi connectivity index (χ2n) is 8.85. The summed E-state index contributed by atoms with van der Waals surface area (Å²) >= 11 is 0. The molecule has 31 heavy (non-hydrogen) atoms. The molecule has 2 aromatic carbocycles. The topological polar surface area (TPSA) is 20.3 Å². The summed E-state index contributed by atoms with van der Waals surface area (Å²) in [7, 11) is -0.145. The Bertz CT molecular complexity index is 1130. The molecule has 2 aliphatic rings. The molecule has 2 nitrogen and oxygen atoms in total. The zero-order valence-corrected chi connectivity index (χ0v) is 20.7. The molecule has 0 fully saturated rings. The molecule has 0 aromatic heterocycles. The fourth-order valence-corrected chi connectivity index (χ4v) is 6.01. The van der Waals surface area contributed by atoms with Crippen LogP contribution in [-0.2, 0) is 26.2 Å². The monoisotopic (exact) mass is 469 g/mol. The summed E-state index contributed by atoms with van der Waals surface area (Å²) in [6.07, 6.45) is 2.41. The third-order valence-corrected chi connectivity index (χ3v) is 8.30. The van der Waals surface area contributed by atoms with Crippen molar-refractivity contribution in [1.82, 2.24) is 4.57 Å². The maximum absolute atomic E-state index is 14.2. The average molecular weight is 469 g/mol. The first-order valence-electron chi connectivity index (χ1n) is 10.1. The Morgan fingerprint density at radius 1 is 0.968 bits per heavy atom. The number of fused-ring (bicyclic) bond motifs is 4. The summed E-state index contributed by atoms with van der Waals surface area (Å²) in [4.78, 5) is 0. The van der Waals surface area contributed by atoms with Gasteiger partial charge >= 0.3 is 8.84 Å². The van der Waals surface area contributed by atoms with Crippen molar-refractivity contribution in [3.05, 3.63) is 89.0 Å². The third kappa shape index (κ3) is 4.23. The van der Waals surface area contributed by atoms with Crippen LogP contribution in [0, 0.1) is 5.92 Å². The van der Waals surface area contributed by atoms with E-state index >= 15 is 0 Å². The van der Waals surface area contributed by atoms with Gasteiger partial charge in [-0.1, -0.05) is 60.7 Å². The molecular weight excluding hydrogens is 444 g/mol. The van der Waals surface area contributed by atoms with Gasteiger partial charge in [0.05, 0.1) is 5.57 Å². The number of halogens is 2. The van der Waals surface area contributed by atoms with E-state index in [2.05, 4.69) is 6.08 Å². The van der Waals surface area contributed by atoms with Crippen LogP contribution in [0.3, 0.4) is 0 Å². The summed E-state index contributed by atoms with van der Waals surface area (Å²) in [5.41, 5.74) is 4.41. The molecule has 0 N–H and O–H groups in total. The van der Waals surface area contributed by atoms with Crippen molar-refractivity contribution in [3.63, 3.8) is 0 Å². The Labute approximate surface area is 199 Å². The number of hydrogen-bond acceptors (Lipinski definition) is 1. The van der Waals surface area contributed by atoms with Crippen molar-refractivity contribution in [2.45, 2.75) is 32.4 Å². The molecule has 158 valence electrons. The number of allylic oxidation sites excluding steroid dienone is 4. The van der Waals surface area contributed by atoms with Gasteiger partial charge in [-0.05, 0) is 54.2 Å². The van der Waals surface area contributed by atoms with Gasteiger partial charge in [-0.25, -0.2) is 0 Å². The smallest absolute Gasteiger partial charge is 0.375 e. The normalized spacial score (nSPS) is 16.7. The van der Waals surface area contributed by atoms with Crippen LogP contribution in [0.5, 0.6) is 0 Å². The van der Waals surface area contributed by atoms with Crippen molar-refractivity contribution in [1.29, 1.82) is 0 Å². The molecule has 2 aliphatic carbocycles. The minimum absolute atomic E-state index is 0. The van der Waals surface area contributed by atoms with Crippen molar-refractivity contribution in [2.75, 3.05) is 7.05 Å². The van der Waals surface area contributed by atoms with E-state index in [9.17, 15) is 13.2 Å². The largest absolute Gasteiger partial charge is 0.395 e. The summed E-state index contributed by atoms with van der Waals surface area (Å²) in [5.74, 6) is -0.0765. The number of hydrogen-bond donors (Lipinski definition) is 0. The van der Waals surface area contributed by atoms with Crippen LogP contribution in [0.4, 0.5) is 8.78 Å². The summed E-state index contributed by atoms with van der Waals surface area (Å²) in [6, 6.07) is 15.2. The molecule has 0 saturated heterocycles. The van der Waals surface area contributed by atoms with Crippen molar-refractivity contribution in [3.8, 4) is 0 Å². The van der Waals surface area contributed by atoms with Gasteiger partial charge in [0.2, 0.25) is 0 Å². The average Bonchev–Trinajstić information content (AvgIpc) is 3.05. The maximum Gasteiger partial charge on any atom is 0.395 e. The van der Waals surface area contributed by atoms with Crippen molar-refractivity contribution < 1.29 is 35.0 Å². The molecule has 1 atom stereocenters. The zero-order chi connectivity index (χ0) is 21.6. The molecule has 1 unspecified atom stereocenters. The molecule has 0 heterocycles. The van der Waals surface area contributed by atoms with E-state index in [0.29, 0.717) is 17.2 Å². The number of benzene rings is 2. The minimum Gasteiger partial charge on any atom is -0.375 e. The fraction of sp³-hybridized carbons (Fsp3) is 0.280. The Hall–Kier alpha value is -1.95. The molecule has 0 amide bonds. The predicted molar refractivity (Wildman–Crippen MR) is 119 cm³/mol. The van der Waals surface area contributed by atoms with Gasteiger partial charge in [0.1, 0.15) is 0 Å². The first-order chi connectivity index (χ1) is 14.2. The van der Waals surface area contributed by atoms with Gasteiger partial charge in [0.15, 0.2) is 0 Å². The molecular formula is C25H25F2NOSiTi. The minimum atomic E-state index is -2.04. The van der Waals surface area contributed by atoms with Crippen LogP contribution in [0.1, 0.15) is 43.0 Å². The molecule has 0 radical (unpaired) electrons. The first kappa shape index (κ1) is 23.7. The van der Waals surface area contributed by atoms with Crippen LogP contribution < -0.4 is 0 Å². The van der Waals surface area contributed by atoms with Gasteiger partial charge < -0.3 is 9.03 Å². The van der Waals surface area contributed by atoms with E-state index < -0.39 is 14.9 Å². The van der Waals surface area contributed by atoms with Gasteiger partial charge in [-0.15, -0.1) is 0 Å². The van der Waals surface area contributed by atoms with Crippen molar-refractivity contribution >= 4 is 25.6 Å². The van der Waals surface area contributed by atoms with Crippen molar-refractivity contribution in [2.24, 2.45) is 5.92 Å². The second-order valence-corrected chi connectivity index (χ2v) is 10.7. The van der Waals surface area contributed by atoms with E-state index in [4.69, 9.17) is 0 Å². The quantitative estimate of drug-likeness (QED) is 0.485. The standard InChI is InChI=1S/C25H25F2NOSi.Ti/c1-25(2,3)28(4)30(29)15-16-13-14-21-17-9-5-6-10-18(17)23(24(26)27)20-12-8-7-11-19(20)22(16)21;/h5-14,16H,15H2,1-4H3;. The number of rotatable bonds is 3. The van der Waals surface area contributed by atoms with E-state index in [0.717, 1.165) is 22.3 Å². The Kier molecular flexibility index (Phi) is 6.80. The molecule has 0 spiro atoms. The zero-order valence-electron chi connectivity index (χ0n) is 18.2. The van der Waals surface area contributed by atoms with E-state index in [1.807, 2.05) is 62.7 Å². The fourth-order valence-electron chi connectivity index (χ4n) is 4.27. The summed E-state index contributed by atoms with van der Waals surface area (Å²) in [5, 5.41) is 0. The van der Waals surface area contributed by atoms with E-state index in [1.165, 1.54) is 0 Å². The predicted octanol–water partition coefficient (Wildman–Crippen LogP) is 6.40. The number of nitrogens with zero attached hydrogens (tertiary/aromatic N) is 1.